The summed E-state index contributed by atoms with van der Waals surface area (Å²) >= 11 is 0. The van der Waals surface area contributed by atoms with E-state index in [1.807, 2.05) is 12.1 Å². The summed E-state index contributed by atoms with van der Waals surface area (Å²) in [5.74, 6) is -4.92. The molecule has 2 aliphatic carbocycles. The number of anilines is 6. The number of nitrogens with zero attached hydrogens (tertiary/aromatic N) is 8. The van der Waals surface area contributed by atoms with Crippen molar-refractivity contribution in [3.63, 3.8) is 0 Å². The van der Waals surface area contributed by atoms with Gasteiger partial charge in [-0.05, 0) is 143 Å². The molecule has 11 aromatic rings. The van der Waals surface area contributed by atoms with Crippen LogP contribution in [0.2, 0.25) is 0 Å². The number of esters is 2. The molecule has 551 valence electrons. The number of ether oxygens (including phenoxy) is 2. The summed E-state index contributed by atoms with van der Waals surface area (Å²) in [5, 5.41) is 44.5. The first kappa shape index (κ1) is 97.1. The molecular formula is C75H71N14O15Y5-5. The Morgan fingerprint density at radius 3 is 1.15 bits per heavy atom. The quantitative estimate of drug-likeness (QED) is 0.0150. The minimum absolute atomic E-state index is 0. The number of amides is 1. The Morgan fingerprint density at radius 1 is 0.413 bits per heavy atom. The second-order valence-electron chi connectivity index (χ2n) is 22.5. The number of benzene rings is 7. The number of hydrogen-bond donors (Lipinski definition) is 10. The van der Waals surface area contributed by atoms with Gasteiger partial charge in [0.05, 0.1) is 75.2 Å². The van der Waals surface area contributed by atoms with Gasteiger partial charge in [0.1, 0.15) is 0 Å². The first-order valence-electron chi connectivity index (χ1n) is 32.3. The van der Waals surface area contributed by atoms with Crippen LogP contribution in [0.5, 0.6) is 0 Å². The Labute approximate surface area is 752 Å². The molecule has 29 nitrogen and oxygen atoms in total. The second-order valence-corrected chi connectivity index (χ2v) is 22.5. The molecular weight excluding hydrogens is 1780 g/mol. The van der Waals surface area contributed by atoms with Crippen LogP contribution in [-0.2, 0) is 183 Å². The van der Waals surface area contributed by atoms with E-state index >= 15 is 0 Å². The fourth-order valence-electron chi connectivity index (χ4n) is 10.2. The second kappa shape index (κ2) is 51.5. The van der Waals surface area contributed by atoms with E-state index in [9.17, 15) is 33.6 Å². The predicted octanol–water partition coefficient (Wildman–Crippen LogP) is 11.0. The van der Waals surface area contributed by atoms with Gasteiger partial charge in [0.25, 0.3) is 5.91 Å². The molecule has 13 rings (SSSR count). The topological polar surface area (TPSA) is 470 Å². The summed E-state index contributed by atoms with van der Waals surface area (Å²) in [6.45, 7) is 4.22. The molecule has 4 aromatic heterocycles. The van der Waals surface area contributed by atoms with Gasteiger partial charge in [-0.2, -0.15) is 6.29 Å². The minimum Gasteiger partial charge on any atom is -0.534 e. The zero-order valence-electron chi connectivity index (χ0n) is 59.1. The van der Waals surface area contributed by atoms with E-state index < -0.39 is 29.8 Å². The summed E-state index contributed by atoms with van der Waals surface area (Å²) in [6, 6.07) is 34.5. The van der Waals surface area contributed by atoms with Crippen LogP contribution in [0.15, 0.2) is 152 Å². The van der Waals surface area contributed by atoms with Crippen LogP contribution in [0.3, 0.4) is 0 Å². The van der Waals surface area contributed by atoms with Crippen molar-refractivity contribution in [3.8, 4) is 0 Å². The summed E-state index contributed by atoms with van der Waals surface area (Å²) in [7, 11) is 0. The van der Waals surface area contributed by atoms with Crippen molar-refractivity contribution in [2.45, 2.75) is 90.1 Å². The van der Waals surface area contributed by atoms with E-state index in [0.29, 0.717) is 102 Å². The number of hydrogen-bond acceptors (Lipinski definition) is 24. The Balaban J connectivity index is 0.000000453. The monoisotopic (exact) mass is 1850 g/mol. The number of fused-ring (bicyclic) bond motifs is 4. The van der Waals surface area contributed by atoms with E-state index in [1.54, 1.807) is 74.5 Å². The number of aromatic carboxylic acids is 4. The minimum atomic E-state index is -1.00. The molecule has 1 amide bonds. The van der Waals surface area contributed by atoms with Crippen molar-refractivity contribution in [2.75, 3.05) is 46.4 Å². The normalized spacial score (nSPS) is 11.6. The number of aromatic nitrogens is 8. The molecule has 34 heteroatoms. The largest absolute Gasteiger partial charge is 0.534 e. The van der Waals surface area contributed by atoms with Crippen LogP contribution < -0.4 is 33.2 Å². The van der Waals surface area contributed by atoms with Crippen molar-refractivity contribution in [3.05, 3.63) is 216 Å². The van der Waals surface area contributed by atoms with Gasteiger partial charge in [0, 0.05) is 215 Å². The number of carbonyl (C=O) groups excluding carboxylic acids is 5. The summed E-state index contributed by atoms with van der Waals surface area (Å²) < 4.78 is 10.1. The average molecular weight is 1850 g/mol. The number of carboxylic acid groups (broad SMARTS) is 4. The van der Waals surface area contributed by atoms with Gasteiger partial charge < -0.3 is 92.6 Å². The number of nitrogens with two attached hydrogens (primary N) is 3. The molecule has 0 saturated heterocycles. The van der Waals surface area contributed by atoms with Crippen LogP contribution in [0.25, 0.3) is 44.1 Å². The number of nitrogens with one attached hydrogen (secondary N) is 3. The van der Waals surface area contributed by atoms with Crippen LogP contribution in [0.4, 0.5) is 34.1 Å². The SMILES string of the molecule is CCOC(=O)c1ccc(NC2CCCCC2)c(N)c1.CCOC(=O)c1ccc(NC2CCCCC2)c(NC(=O)c2ccc3n[c-]cnc3c2)c1.Nc1ccc(C(=O)O)cc1N.O=C(O)c1ccc2n[c-]cnc2c1.O=C(O)c1ccc2n[c-]cnc2c1.O=C(O)c1ccc2nc[c-]nc2c1.O=[C-]C=O.[Y].[Y].[Y].[Y].[Y]. The third-order valence-electron chi connectivity index (χ3n) is 15.3. The van der Waals surface area contributed by atoms with Gasteiger partial charge in [0.15, 0.2) is 0 Å². The molecule has 0 bridgehead atoms. The van der Waals surface area contributed by atoms with E-state index in [0.717, 1.165) is 30.5 Å². The Morgan fingerprint density at radius 2 is 0.743 bits per heavy atom. The molecule has 0 spiro atoms. The summed E-state index contributed by atoms with van der Waals surface area (Å²) in [6.07, 6.45) is 29.3. The summed E-state index contributed by atoms with van der Waals surface area (Å²) in [5.41, 5.74) is 27.4. The van der Waals surface area contributed by atoms with Crippen LogP contribution in [0.1, 0.15) is 151 Å². The smallest absolute Gasteiger partial charge is 0.338 e. The average Bonchev–Trinajstić information content (AvgIpc) is 0.813. The Bertz CT molecular complexity index is 4630. The number of carboxylic acids is 4. The van der Waals surface area contributed by atoms with Gasteiger partial charge in [-0.25, -0.2) is 28.8 Å². The number of aldehydes is 1. The number of rotatable bonds is 15. The van der Waals surface area contributed by atoms with E-state index in [4.69, 9.17) is 56.7 Å². The Kier molecular flexibility index (Phi) is 45.9. The maximum atomic E-state index is 13.0. The van der Waals surface area contributed by atoms with Crippen LogP contribution in [0, 0.1) is 24.8 Å². The summed E-state index contributed by atoms with van der Waals surface area (Å²) in [4.78, 5) is 128. The van der Waals surface area contributed by atoms with Gasteiger partial charge in [0.2, 0.25) is 0 Å². The predicted molar refractivity (Wildman–Crippen MR) is 387 cm³/mol. The van der Waals surface area contributed by atoms with E-state index in [1.165, 1.54) is 131 Å². The zero-order chi connectivity index (χ0) is 74.9. The van der Waals surface area contributed by atoms with Crippen molar-refractivity contribution >= 4 is 133 Å². The maximum absolute atomic E-state index is 13.0. The molecule has 7 aromatic carbocycles. The van der Waals surface area contributed by atoms with Gasteiger partial charge >= 0.3 is 35.8 Å². The fourth-order valence-corrected chi connectivity index (χ4v) is 10.2. The first-order valence-corrected chi connectivity index (χ1v) is 32.3. The van der Waals surface area contributed by atoms with Crippen LogP contribution in [-0.4, -0.2) is 140 Å². The molecule has 0 aliphatic heterocycles. The van der Waals surface area contributed by atoms with Crippen molar-refractivity contribution in [2.24, 2.45) is 0 Å². The fraction of sp³-hybridized carbons (Fsp3) is 0.213. The Hall–Kier alpha value is -7.95. The molecule has 4 heterocycles. The number of nitrogen functional groups attached to an aromatic ring is 3. The third kappa shape index (κ3) is 31.8. The molecule has 109 heavy (non-hydrogen) atoms. The molecule has 2 aliphatic rings. The number of carbonyl (C=O) groups is 8. The molecule has 0 atom stereocenters. The standard InChI is InChI=1S/C24H25N4O3.C15H22N2O2.3C9H5N2O2.C7H8N2O2.C2HO2.5Y/c1-2-31-24(30)17-9-11-20(27-18-6-4-3-5-7-18)22(15-17)28-23(29)16-8-10-19-21(14-16)26-13-12-25-19;1-2-19-15(18)11-8-9-14(13(16)10-11)17-12-6-4-3-5-7-12;3*12-9(13)6-1-2-7-8(5-6)11-4-3-10-7;8-5-2-1-4(7(10)11)3-6(5)9;3-1-2-4;;;;;/h8-11,13-15,18,27H,2-7H2,1H3,(H,28,29);8-10,12,17H,2-7,16H2,1H3;2*1-2,4-5H,(H,12,13);1-3,5H,(H,12,13);1-3H,8-9H2,(H,10,11);1H;;;;;/q-1;;3*-1;;-1;;;;;. The van der Waals surface area contributed by atoms with Crippen molar-refractivity contribution in [1.82, 2.24) is 39.9 Å². The van der Waals surface area contributed by atoms with Gasteiger partial charge in [-0.1, -0.05) is 84.9 Å². The van der Waals surface area contributed by atoms with Gasteiger partial charge in [-0.15, -0.1) is 49.1 Å². The molecule has 2 saturated carbocycles. The van der Waals surface area contributed by atoms with Gasteiger partial charge in [-0.3, -0.25) is 24.7 Å². The van der Waals surface area contributed by atoms with E-state index in [-0.39, 0.29) is 211 Å². The first-order chi connectivity index (χ1) is 50.2. The molecule has 5 radical (unpaired) electrons. The van der Waals surface area contributed by atoms with Crippen LogP contribution >= 0.6 is 0 Å². The van der Waals surface area contributed by atoms with Crippen molar-refractivity contribution in [1.29, 1.82) is 0 Å². The third-order valence-corrected chi connectivity index (χ3v) is 15.3. The van der Waals surface area contributed by atoms with Crippen molar-refractivity contribution < 1.29 is 237 Å². The molecule has 0 unspecified atom stereocenters. The molecule has 2 fully saturated rings. The molecule has 13 N–H and O–H groups in total. The maximum Gasteiger partial charge on any atom is 0.338 e. The zero-order valence-corrected chi connectivity index (χ0v) is 73.3. The van der Waals surface area contributed by atoms with E-state index in [2.05, 4.69) is 80.6 Å².